The lowest BCUT2D eigenvalue weighted by molar-refractivity contribution is -0.384. The lowest BCUT2D eigenvalue weighted by Crippen LogP contribution is -2.55. The molecule has 1 aromatic heterocycles. The van der Waals surface area contributed by atoms with Gasteiger partial charge >= 0.3 is 5.97 Å². The van der Waals surface area contributed by atoms with Crippen molar-refractivity contribution in [2.24, 2.45) is 11.8 Å². The lowest BCUT2D eigenvalue weighted by Gasteiger charge is -2.51. The van der Waals surface area contributed by atoms with E-state index in [4.69, 9.17) is 9.47 Å². The molecule has 3 aliphatic heterocycles. The number of esters is 1. The molecule has 3 aromatic rings. The highest BCUT2D eigenvalue weighted by Gasteiger charge is 2.44. The summed E-state index contributed by atoms with van der Waals surface area (Å²) >= 11 is 0. The number of hydrogen-bond acceptors (Lipinski definition) is 7. The Labute approximate surface area is 204 Å². The Balaban J connectivity index is 1.53. The topological polar surface area (TPSA) is 94.8 Å². The zero-order chi connectivity index (χ0) is 24.5. The Bertz CT molecular complexity index is 1250. The van der Waals surface area contributed by atoms with Crippen LogP contribution in [0.4, 0.5) is 5.69 Å². The van der Waals surface area contributed by atoms with E-state index in [1.807, 2.05) is 24.3 Å². The molecule has 0 radical (unpaired) electrons. The molecule has 3 aliphatic rings. The van der Waals surface area contributed by atoms with Gasteiger partial charge in [0.25, 0.3) is 5.69 Å². The molecule has 0 amide bonds. The second-order valence-corrected chi connectivity index (χ2v) is 9.43. The van der Waals surface area contributed by atoms with Crippen LogP contribution in [0.25, 0.3) is 10.9 Å². The molecule has 2 bridgehead atoms. The van der Waals surface area contributed by atoms with Crippen molar-refractivity contribution in [3.05, 3.63) is 76.0 Å². The van der Waals surface area contributed by atoms with Crippen molar-refractivity contribution in [1.82, 2.24) is 9.88 Å². The molecule has 8 nitrogen and oxygen atoms in total. The van der Waals surface area contributed by atoms with Crippen LogP contribution in [0.15, 0.2) is 54.7 Å². The highest BCUT2D eigenvalue weighted by molar-refractivity contribution is 5.90. The van der Waals surface area contributed by atoms with Gasteiger partial charge in [-0.3, -0.25) is 20.0 Å². The van der Waals surface area contributed by atoms with Gasteiger partial charge in [-0.2, -0.15) is 0 Å². The van der Waals surface area contributed by atoms with E-state index in [1.54, 1.807) is 13.3 Å². The predicted octanol–water partition coefficient (Wildman–Crippen LogP) is 5.17. The van der Waals surface area contributed by atoms with Crippen molar-refractivity contribution in [3.8, 4) is 5.75 Å². The lowest BCUT2D eigenvalue weighted by atomic mass is 9.72. The summed E-state index contributed by atoms with van der Waals surface area (Å²) in [6.45, 7) is 4.24. The normalized spacial score (nSPS) is 24.2. The molecule has 6 rings (SSSR count). The summed E-state index contributed by atoms with van der Waals surface area (Å²) in [5.41, 5.74) is 1.93. The number of nitro groups is 1. The van der Waals surface area contributed by atoms with E-state index in [1.165, 1.54) is 30.7 Å². The fourth-order valence-corrected chi connectivity index (χ4v) is 5.73. The summed E-state index contributed by atoms with van der Waals surface area (Å²) in [7, 11) is 1.62. The van der Waals surface area contributed by atoms with E-state index in [-0.39, 0.29) is 11.7 Å². The smallest absolute Gasteiger partial charge is 0.338 e. The molecule has 3 saturated heterocycles. The summed E-state index contributed by atoms with van der Waals surface area (Å²) < 4.78 is 11.7. The van der Waals surface area contributed by atoms with Gasteiger partial charge < -0.3 is 9.47 Å². The number of piperidine rings is 3. The number of nitro benzene ring substituents is 1. The van der Waals surface area contributed by atoms with E-state index < -0.39 is 17.0 Å². The summed E-state index contributed by atoms with van der Waals surface area (Å²) in [4.78, 5) is 30.8. The number of non-ortho nitro benzene ring substituents is 1. The third-order valence-electron chi connectivity index (χ3n) is 7.65. The van der Waals surface area contributed by atoms with Crippen LogP contribution in [0.5, 0.6) is 5.75 Å². The molecule has 0 aliphatic carbocycles. The number of methoxy groups -OCH3 is 1. The van der Waals surface area contributed by atoms with Gasteiger partial charge in [0, 0.05) is 35.8 Å². The van der Waals surface area contributed by atoms with Crippen molar-refractivity contribution >= 4 is 22.6 Å². The number of hydrogen-bond donors (Lipinski definition) is 0. The van der Waals surface area contributed by atoms with Crippen molar-refractivity contribution in [3.63, 3.8) is 0 Å². The molecule has 2 aromatic carbocycles. The standard InChI is InChI=1S/C27H29N3O5/c1-3-17-16-29-13-11-19(17)14-25(29)26(35-27(31)18-4-6-20(7-5-18)30(32)33)22-10-12-28-24-9-8-21(34-2)15-23(22)24/h4-10,12,15,17,19,25-26H,3,11,13-14,16H2,1-2H3/t17-,19-,25-,26+/m0/s1. The maximum Gasteiger partial charge on any atom is 0.338 e. The minimum atomic E-state index is -0.504. The first-order chi connectivity index (χ1) is 17.0. The average molecular weight is 476 g/mol. The number of aromatic nitrogens is 1. The molecule has 4 heterocycles. The molecule has 182 valence electrons. The van der Waals surface area contributed by atoms with Crippen LogP contribution in [0.2, 0.25) is 0 Å². The minimum Gasteiger partial charge on any atom is -0.497 e. The van der Waals surface area contributed by atoms with Gasteiger partial charge in [0.1, 0.15) is 11.9 Å². The van der Waals surface area contributed by atoms with Crippen LogP contribution in [0, 0.1) is 22.0 Å². The van der Waals surface area contributed by atoms with Crippen LogP contribution >= 0.6 is 0 Å². The van der Waals surface area contributed by atoms with Gasteiger partial charge in [-0.25, -0.2) is 4.79 Å². The third kappa shape index (κ3) is 4.46. The number of carbonyl (C=O) groups is 1. The first-order valence-electron chi connectivity index (χ1n) is 12.1. The molecule has 0 spiro atoms. The van der Waals surface area contributed by atoms with Crippen LogP contribution < -0.4 is 4.74 Å². The zero-order valence-corrected chi connectivity index (χ0v) is 19.9. The maximum atomic E-state index is 13.3. The van der Waals surface area contributed by atoms with E-state index in [0.29, 0.717) is 23.1 Å². The Morgan fingerprint density at radius 2 is 2.03 bits per heavy atom. The first kappa shape index (κ1) is 23.2. The number of rotatable bonds is 7. The van der Waals surface area contributed by atoms with Gasteiger partial charge in [0.2, 0.25) is 0 Å². The van der Waals surface area contributed by atoms with Crippen molar-refractivity contribution < 1.29 is 19.2 Å². The van der Waals surface area contributed by atoms with Crippen LogP contribution in [0.3, 0.4) is 0 Å². The van der Waals surface area contributed by atoms with E-state index in [2.05, 4.69) is 16.8 Å². The summed E-state index contributed by atoms with van der Waals surface area (Å²) in [6.07, 6.45) is 4.53. The number of fused-ring (bicyclic) bond motifs is 4. The average Bonchev–Trinajstić information content (AvgIpc) is 2.91. The van der Waals surface area contributed by atoms with E-state index in [9.17, 15) is 14.9 Å². The zero-order valence-electron chi connectivity index (χ0n) is 19.9. The second kappa shape index (κ2) is 9.62. The summed E-state index contributed by atoms with van der Waals surface area (Å²) in [5, 5.41) is 11.9. The van der Waals surface area contributed by atoms with Gasteiger partial charge in [-0.05, 0) is 67.6 Å². The van der Waals surface area contributed by atoms with E-state index in [0.717, 1.165) is 42.4 Å². The Kier molecular flexibility index (Phi) is 6.38. The van der Waals surface area contributed by atoms with E-state index >= 15 is 0 Å². The van der Waals surface area contributed by atoms with Crippen LogP contribution in [-0.2, 0) is 4.74 Å². The number of pyridine rings is 1. The molecule has 8 heteroatoms. The largest absolute Gasteiger partial charge is 0.497 e. The fourth-order valence-electron chi connectivity index (χ4n) is 5.73. The van der Waals surface area contributed by atoms with Crippen molar-refractivity contribution in [2.75, 3.05) is 20.2 Å². The summed E-state index contributed by atoms with van der Waals surface area (Å²) in [5.74, 6) is 1.50. The number of nitrogens with zero attached hydrogens (tertiary/aromatic N) is 3. The van der Waals surface area contributed by atoms with Gasteiger partial charge in [0.15, 0.2) is 0 Å². The molecule has 35 heavy (non-hydrogen) atoms. The molecule has 0 N–H and O–H groups in total. The number of carbonyl (C=O) groups excluding carboxylic acids is 1. The Hall–Kier alpha value is -3.52. The quantitative estimate of drug-likeness (QED) is 0.264. The molecule has 0 saturated carbocycles. The molecule has 1 unspecified atom stereocenters. The summed E-state index contributed by atoms with van der Waals surface area (Å²) in [6, 6.07) is 13.3. The van der Waals surface area contributed by atoms with Gasteiger partial charge in [-0.15, -0.1) is 0 Å². The van der Waals surface area contributed by atoms with Crippen LogP contribution in [0.1, 0.15) is 48.2 Å². The molecular formula is C27H29N3O5. The molecule has 5 atom stereocenters. The predicted molar refractivity (Wildman–Crippen MR) is 131 cm³/mol. The van der Waals surface area contributed by atoms with Crippen LogP contribution in [-0.4, -0.2) is 47.0 Å². The monoisotopic (exact) mass is 475 g/mol. The SMILES string of the molecule is CC[C@H]1CN2CC[C@H]1C[C@H]2[C@H](OC(=O)c1ccc([N+](=O)[O-])cc1)c1ccnc2ccc(OC)cc12. The Morgan fingerprint density at radius 3 is 2.69 bits per heavy atom. The minimum absolute atomic E-state index is 0.0512. The second-order valence-electron chi connectivity index (χ2n) is 9.43. The molecule has 3 fully saturated rings. The maximum absolute atomic E-state index is 13.3. The highest BCUT2D eigenvalue weighted by Crippen LogP contribution is 2.44. The first-order valence-corrected chi connectivity index (χ1v) is 12.1. The number of benzene rings is 2. The number of ether oxygens (including phenoxy) is 2. The molecular weight excluding hydrogens is 446 g/mol. The van der Waals surface area contributed by atoms with Gasteiger partial charge in [0.05, 0.1) is 29.2 Å². The Morgan fingerprint density at radius 1 is 1.23 bits per heavy atom. The van der Waals surface area contributed by atoms with Gasteiger partial charge in [-0.1, -0.05) is 13.3 Å². The van der Waals surface area contributed by atoms with Crippen molar-refractivity contribution in [1.29, 1.82) is 0 Å². The van der Waals surface area contributed by atoms with Crippen molar-refractivity contribution in [2.45, 2.75) is 38.3 Å². The fraction of sp³-hybridized carbons (Fsp3) is 0.407. The highest BCUT2D eigenvalue weighted by atomic mass is 16.6. The third-order valence-corrected chi connectivity index (χ3v) is 7.65.